The fourth-order valence-corrected chi connectivity index (χ4v) is 3.54. The lowest BCUT2D eigenvalue weighted by molar-refractivity contribution is -0.157. The van der Waals surface area contributed by atoms with Crippen molar-refractivity contribution in [1.82, 2.24) is 4.57 Å². The van der Waals surface area contributed by atoms with Crippen molar-refractivity contribution in [2.24, 2.45) is 0 Å². The Morgan fingerprint density at radius 3 is 2.47 bits per heavy atom. The molecule has 9 heteroatoms. The maximum Gasteiger partial charge on any atom is 0.344 e. The largest absolute Gasteiger partial charge is 0.482 e. The third-order valence-corrected chi connectivity index (χ3v) is 4.92. The van der Waals surface area contributed by atoms with Gasteiger partial charge in [-0.3, -0.25) is 9.59 Å². The van der Waals surface area contributed by atoms with Gasteiger partial charge < -0.3 is 19.1 Å². The second-order valence-electron chi connectivity index (χ2n) is 8.75. The quantitative estimate of drug-likeness (QED) is 0.499. The van der Waals surface area contributed by atoms with Gasteiger partial charge in [-0.1, -0.05) is 12.1 Å². The predicted octanol–water partition coefficient (Wildman–Crippen LogP) is 3.87. The van der Waals surface area contributed by atoms with Crippen LogP contribution in [0.3, 0.4) is 0 Å². The number of benzene rings is 2. The van der Waals surface area contributed by atoms with Crippen molar-refractivity contribution < 1.29 is 33.0 Å². The summed E-state index contributed by atoms with van der Waals surface area (Å²) in [5, 5.41) is 9.69. The van der Waals surface area contributed by atoms with E-state index in [4.69, 9.17) is 9.47 Å². The molecule has 3 rings (SSSR count). The number of aromatic nitrogens is 1. The van der Waals surface area contributed by atoms with Crippen LogP contribution in [0.4, 0.5) is 8.78 Å². The second kappa shape index (κ2) is 10.0. The van der Waals surface area contributed by atoms with Crippen LogP contribution >= 0.6 is 0 Å². The van der Waals surface area contributed by atoms with E-state index in [1.807, 2.05) is 0 Å². The highest BCUT2D eigenvalue weighted by Crippen LogP contribution is 2.22. The molecule has 1 heterocycles. The third-order valence-electron chi connectivity index (χ3n) is 4.92. The molecule has 0 bridgehead atoms. The topological polar surface area (TPSA) is 94.8 Å². The van der Waals surface area contributed by atoms with E-state index in [0.717, 1.165) is 6.07 Å². The number of hydrogen-bond donors (Lipinski definition) is 1. The Bertz CT molecular complexity index is 1290. The number of ether oxygens (including phenoxy) is 2. The molecule has 180 valence electrons. The molecule has 0 aliphatic rings. The van der Waals surface area contributed by atoms with Crippen molar-refractivity contribution in [3.05, 3.63) is 75.6 Å². The van der Waals surface area contributed by atoms with E-state index in [-0.39, 0.29) is 47.1 Å². The normalized spacial score (nSPS) is 11.4. The number of hydrogen-bond acceptors (Lipinski definition) is 5. The number of aryl methyl sites for hydroxylation is 2. The van der Waals surface area contributed by atoms with Gasteiger partial charge in [0.25, 0.3) is 0 Å². The van der Waals surface area contributed by atoms with Gasteiger partial charge in [0.1, 0.15) is 17.9 Å². The molecule has 0 spiro atoms. The fraction of sp³-hybridized carbons (Fsp3) is 0.320. The number of pyridine rings is 1. The first-order chi connectivity index (χ1) is 15.9. The number of aliphatic carboxylic acids is 1. The lowest BCUT2D eigenvalue weighted by atomic mass is 10.0. The number of nitrogens with zero attached hydrogens (tertiary/aromatic N) is 1. The Balaban J connectivity index is 1.95. The zero-order valence-corrected chi connectivity index (χ0v) is 19.1. The first kappa shape index (κ1) is 24.9. The Morgan fingerprint density at radius 2 is 1.79 bits per heavy atom. The summed E-state index contributed by atoms with van der Waals surface area (Å²) in [5.41, 5.74) is -0.296. The van der Waals surface area contributed by atoms with E-state index in [2.05, 4.69) is 0 Å². The average Bonchev–Trinajstić information content (AvgIpc) is 2.74. The van der Waals surface area contributed by atoms with Crippen LogP contribution in [0, 0.1) is 11.6 Å². The lowest BCUT2D eigenvalue weighted by Gasteiger charge is -2.20. The van der Waals surface area contributed by atoms with Crippen LogP contribution in [0.25, 0.3) is 10.9 Å². The van der Waals surface area contributed by atoms with Crippen LogP contribution in [0.15, 0.2) is 47.3 Å². The molecular formula is C25H25F2NO6. The number of carboxylic acid groups (broad SMARTS) is 1. The smallest absolute Gasteiger partial charge is 0.344 e. The zero-order chi connectivity index (χ0) is 25.0. The molecule has 0 amide bonds. The van der Waals surface area contributed by atoms with E-state index >= 15 is 0 Å². The molecule has 0 saturated heterocycles. The summed E-state index contributed by atoms with van der Waals surface area (Å²) in [7, 11) is 0. The van der Waals surface area contributed by atoms with Crippen molar-refractivity contribution in [1.29, 1.82) is 0 Å². The number of carbonyl (C=O) groups is 2. The van der Waals surface area contributed by atoms with Gasteiger partial charge in [0.2, 0.25) is 0 Å². The highest BCUT2D eigenvalue weighted by molar-refractivity contribution is 5.82. The van der Waals surface area contributed by atoms with Gasteiger partial charge in [-0.2, -0.15) is 0 Å². The molecule has 0 radical (unpaired) electrons. The summed E-state index contributed by atoms with van der Waals surface area (Å²) in [6, 6.07) is 9.57. The predicted molar refractivity (Wildman–Crippen MR) is 121 cm³/mol. The van der Waals surface area contributed by atoms with Crippen molar-refractivity contribution in [3.63, 3.8) is 0 Å². The summed E-state index contributed by atoms with van der Waals surface area (Å²) in [6.07, 6.45) is 0.158. The van der Waals surface area contributed by atoms with Crippen molar-refractivity contribution >= 4 is 22.8 Å². The number of fused-ring (bicyclic) bond motifs is 1. The molecule has 0 aliphatic heterocycles. The fourth-order valence-electron chi connectivity index (χ4n) is 3.54. The van der Waals surface area contributed by atoms with E-state index in [9.17, 15) is 28.3 Å². The minimum Gasteiger partial charge on any atom is -0.482 e. The number of halogens is 2. The lowest BCUT2D eigenvalue weighted by Crippen LogP contribution is -2.27. The van der Waals surface area contributed by atoms with E-state index in [0.29, 0.717) is 5.69 Å². The first-order valence-electron chi connectivity index (χ1n) is 10.6. The van der Waals surface area contributed by atoms with Crippen LogP contribution in [-0.4, -0.2) is 33.8 Å². The van der Waals surface area contributed by atoms with E-state index in [1.165, 1.54) is 41.0 Å². The van der Waals surface area contributed by atoms with E-state index < -0.39 is 35.7 Å². The monoisotopic (exact) mass is 473 g/mol. The summed E-state index contributed by atoms with van der Waals surface area (Å²) < 4.78 is 39.7. The molecule has 2 aromatic carbocycles. The average molecular weight is 473 g/mol. The maximum absolute atomic E-state index is 14.1. The molecule has 0 fully saturated rings. The minimum absolute atomic E-state index is 0.0585. The molecule has 0 aliphatic carbocycles. The summed E-state index contributed by atoms with van der Waals surface area (Å²) in [4.78, 5) is 36.2. The van der Waals surface area contributed by atoms with Crippen molar-refractivity contribution in [2.45, 2.75) is 45.8 Å². The minimum atomic E-state index is -1.15. The summed E-state index contributed by atoms with van der Waals surface area (Å²) in [6.45, 7) is 4.34. The highest BCUT2D eigenvalue weighted by atomic mass is 19.2. The van der Waals surface area contributed by atoms with Gasteiger partial charge in [0, 0.05) is 23.2 Å². The van der Waals surface area contributed by atoms with Gasteiger partial charge in [-0.05, 0) is 57.4 Å². The number of rotatable bonds is 8. The maximum atomic E-state index is 14.1. The van der Waals surface area contributed by atoms with Crippen molar-refractivity contribution in [3.8, 4) is 5.75 Å². The molecule has 34 heavy (non-hydrogen) atoms. The SMILES string of the molecule is CC(C)(C)OC(=O)COc1ccc2c(=O)cc(CCc3cccc(F)c3F)n(CC(=O)O)c2c1. The summed E-state index contributed by atoms with van der Waals surface area (Å²) in [5.74, 6) is -3.45. The van der Waals surface area contributed by atoms with Gasteiger partial charge in [0.05, 0.1) is 5.52 Å². The van der Waals surface area contributed by atoms with Gasteiger partial charge in [-0.25, -0.2) is 13.6 Å². The van der Waals surface area contributed by atoms with Crippen LogP contribution in [0.5, 0.6) is 5.75 Å². The Hall–Kier alpha value is -3.75. The van der Waals surface area contributed by atoms with Crippen LogP contribution in [0.2, 0.25) is 0 Å². The van der Waals surface area contributed by atoms with Crippen LogP contribution in [-0.2, 0) is 33.7 Å². The molecule has 0 saturated carbocycles. The molecule has 3 aromatic rings. The summed E-state index contributed by atoms with van der Waals surface area (Å²) >= 11 is 0. The Labute approximate surface area is 194 Å². The third kappa shape index (κ3) is 6.18. The molecule has 1 N–H and O–H groups in total. The highest BCUT2D eigenvalue weighted by Gasteiger charge is 2.18. The van der Waals surface area contributed by atoms with Gasteiger partial charge >= 0.3 is 11.9 Å². The Kier molecular flexibility index (Phi) is 7.34. The molecule has 1 aromatic heterocycles. The molecule has 0 atom stereocenters. The van der Waals surface area contributed by atoms with Crippen LogP contribution < -0.4 is 10.2 Å². The van der Waals surface area contributed by atoms with Crippen molar-refractivity contribution in [2.75, 3.05) is 6.61 Å². The Morgan fingerprint density at radius 1 is 1.06 bits per heavy atom. The number of esters is 1. The molecule has 0 unspecified atom stereocenters. The zero-order valence-electron chi connectivity index (χ0n) is 19.1. The van der Waals surface area contributed by atoms with E-state index in [1.54, 1.807) is 20.8 Å². The standard InChI is InChI=1S/C25H25F2NO6/c1-25(2,3)34-23(32)14-33-17-9-10-18-20(12-17)28(13-22(30)31)16(11-21(18)29)8-7-15-5-4-6-19(26)24(15)27/h4-6,9-12H,7-8,13-14H2,1-3H3,(H,30,31). The first-order valence-corrected chi connectivity index (χ1v) is 10.6. The molecule has 7 nitrogen and oxygen atoms in total. The van der Waals surface area contributed by atoms with Gasteiger partial charge in [0.15, 0.2) is 23.7 Å². The van der Waals surface area contributed by atoms with Gasteiger partial charge in [-0.15, -0.1) is 0 Å². The number of carbonyl (C=O) groups excluding carboxylic acids is 1. The van der Waals surface area contributed by atoms with Crippen LogP contribution in [0.1, 0.15) is 32.0 Å². The second-order valence-corrected chi connectivity index (χ2v) is 8.75. The number of carboxylic acids is 1. The molecular weight excluding hydrogens is 448 g/mol.